The van der Waals surface area contributed by atoms with E-state index in [0.29, 0.717) is 11.8 Å². The van der Waals surface area contributed by atoms with E-state index in [4.69, 9.17) is 0 Å². The van der Waals surface area contributed by atoms with Crippen LogP contribution in [0, 0.1) is 0 Å². The van der Waals surface area contributed by atoms with Gasteiger partial charge in [0.15, 0.2) is 0 Å². The van der Waals surface area contributed by atoms with E-state index in [1.54, 1.807) is 12.1 Å². The monoisotopic (exact) mass is 228 g/mol. The second-order valence-electron chi connectivity index (χ2n) is 3.20. The summed E-state index contributed by atoms with van der Waals surface area (Å²) >= 11 is 0. The third-order valence-corrected chi connectivity index (χ3v) is 2.17. The summed E-state index contributed by atoms with van der Waals surface area (Å²) in [4.78, 5) is 13.9. The van der Waals surface area contributed by atoms with Crippen LogP contribution in [0.15, 0.2) is 24.3 Å². The Morgan fingerprint density at radius 3 is 2.62 bits per heavy atom. The molecule has 0 radical (unpaired) electrons. The Kier molecular flexibility index (Phi) is 2.41. The number of para-hydroxylation sites is 2. The molecule has 0 N–H and O–H groups in total. The summed E-state index contributed by atoms with van der Waals surface area (Å²) in [6.45, 7) is -0.352. The number of aldehydes is 1. The maximum Gasteiger partial charge on any atom is 0.449 e. The quantitative estimate of drug-likeness (QED) is 0.739. The zero-order valence-electron chi connectivity index (χ0n) is 8.03. The van der Waals surface area contributed by atoms with Crippen LogP contribution < -0.4 is 0 Å². The lowest BCUT2D eigenvalue weighted by atomic mass is 10.3. The molecule has 1 heterocycles. The lowest BCUT2D eigenvalue weighted by molar-refractivity contribution is -0.147. The second-order valence-corrected chi connectivity index (χ2v) is 3.20. The van der Waals surface area contributed by atoms with Crippen molar-refractivity contribution in [3.8, 4) is 0 Å². The molecular formula is C10H7F3N2O. The molecule has 0 aliphatic heterocycles. The lowest BCUT2D eigenvalue weighted by Crippen LogP contribution is -2.15. The fourth-order valence-electron chi connectivity index (χ4n) is 1.55. The normalized spacial score (nSPS) is 11.9. The van der Waals surface area contributed by atoms with Gasteiger partial charge in [-0.25, -0.2) is 4.98 Å². The molecule has 0 saturated carbocycles. The van der Waals surface area contributed by atoms with Gasteiger partial charge in [-0.05, 0) is 12.1 Å². The number of nitrogens with zero attached hydrogens (tertiary/aromatic N) is 2. The first kappa shape index (κ1) is 10.7. The van der Waals surface area contributed by atoms with Crippen molar-refractivity contribution in [2.75, 3.05) is 0 Å². The number of rotatable bonds is 2. The van der Waals surface area contributed by atoms with Gasteiger partial charge in [0.2, 0.25) is 5.82 Å². The summed E-state index contributed by atoms with van der Waals surface area (Å²) in [5.41, 5.74) is 0.540. The van der Waals surface area contributed by atoms with E-state index in [9.17, 15) is 18.0 Å². The van der Waals surface area contributed by atoms with Gasteiger partial charge >= 0.3 is 6.18 Å². The summed E-state index contributed by atoms with van der Waals surface area (Å²) in [6, 6.07) is 6.18. The number of fused-ring (bicyclic) bond motifs is 1. The number of carbonyl (C=O) groups excluding carboxylic acids is 1. The third-order valence-electron chi connectivity index (χ3n) is 2.17. The topological polar surface area (TPSA) is 34.9 Å². The molecule has 1 aromatic heterocycles. The first-order valence-corrected chi connectivity index (χ1v) is 4.50. The van der Waals surface area contributed by atoms with Crippen molar-refractivity contribution in [3.05, 3.63) is 30.1 Å². The molecule has 3 nitrogen and oxygen atoms in total. The van der Waals surface area contributed by atoms with Crippen LogP contribution in [0.2, 0.25) is 0 Å². The molecule has 0 fully saturated rings. The van der Waals surface area contributed by atoms with Crippen LogP contribution in [0.3, 0.4) is 0 Å². The maximum absolute atomic E-state index is 12.6. The van der Waals surface area contributed by atoms with Crippen molar-refractivity contribution in [2.24, 2.45) is 0 Å². The zero-order chi connectivity index (χ0) is 11.8. The van der Waals surface area contributed by atoms with E-state index >= 15 is 0 Å². The average Bonchev–Trinajstić information content (AvgIpc) is 2.58. The Morgan fingerprint density at radius 1 is 1.31 bits per heavy atom. The van der Waals surface area contributed by atoms with E-state index < -0.39 is 12.0 Å². The molecule has 6 heteroatoms. The van der Waals surface area contributed by atoms with Gasteiger partial charge in [-0.3, -0.25) is 0 Å². The van der Waals surface area contributed by atoms with Crippen molar-refractivity contribution >= 4 is 17.3 Å². The molecule has 0 unspecified atom stereocenters. The van der Waals surface area contributed by atoms with Crippen molar-refractivity contribution < 1.29 is 18.0 Å². The fourth-order valence-corrected chi connectivity index (χ4v) is 1.55. The molecule has 2 rings (SSSR count). The molecule has 0 bridgehead atoms. The van der Waals surface area contributed by atoms with Gasteiger partial charge < -0.3 is 9.36 Å². The number of aromatic nitrogens is 2. The number of hydrogen-bond acceptors (Lipinski definition) is 2. The Morgan fingerprint density at radius 2 is 2.00 bits per heavy atom. The van der Waals surface area contributed by atoms with Gasteiger partial charge in [0.1, 0.15) is 6.29 Å². The third kappa shape index (κ3) is 1.66. The molecule has 0 saturated heterocycles. The van der Waals surface area contributed by atoms with Crippen molar-refractivity contribution in [1.82, 2.24) is 9.55 Å². The smallest absolute Gasteiger partial charge is 0.313 e. The molecular weight excluding hydrogens is 221 g/mol. The maximum atomic E-state index is 12.6. The van der Waals surface area contributed by atoms with Gasteiger partial charge in [-0.2, -0.15) is 13.2 Å². The zero-order valence-corrected chi connectivity index (χ0v) is 8.03. The van der Waals surface area contributed by atoms with Crippen molar-refractivity contribution in [1.29, 1.82) is 0 Å². The largest absolute Gasteiger partial charge is 0.449 e. The average molecular weight is 228 g/mol. The SMILES string of the molecule is O=CCn1c(C(F)(F)F)nc2ccccc21. The van der Waals surface area contributed by atoms with E-state index in [1.165, 1.54) is 12.1 Å². The summed E-state index contributed by atoms with van der Waals surface area (Å²) in [6.07, 6.45) is -4.13. The molecule has 0 aliphatic rings. The minimum Gasteiger partial charge on any atom is -0.313 e. The van der Waals surface area contributed by atoms with Gasteiger partial charge in [-0.1, -0.05) is 12.1 Å². The molecule has 0 aliphatic carbocycles. The molecule has 2 aromatic rings. The van der Waals surface area contributed by atoms with Gasteiger partial charge in [0, 0.05) is 0 Å². The summed E-state index contributed by atoms with van der Waals surface area (Å²) < 4.78 is 38.7. The minimum atomic E-state index is -4.55. The molecule has 0 amide bonds. The van der Waals surface area contributed by atoms with Crippen LogP contribution in [0.25, 0.3) is 11.0 Å². The lowest BCUT2D eigenvalue weighted by Gasteiger charge is -2.07. The number of imidazole rings is 1. The van der Waals surface area contributed by atoms with E-state index in [0.717, 1.165) is 4.57 Å². The van der Waals surface area contributed by atoms with Gasteiger partial charge in [0.25, 0.3) is 0 Å². The highest BCUT2D eigenvalue weighted by molar-refractivity contribution is 5.77. The molecule has 1 aromatic carbocycles. The van der Waals surface area contributed by atoms with Gasteiger partial charge in [0.05, 0.1) is 17.6 Å². The Balaban J connectivity index is 2.72. The van der Waals surface area contributed by atoms with E-state index in [-0.39, 0.29) is 12.1 Å². The second kappa shape index (κ2) is 3.62. The minimum absolute atomic E-state index is 0.233. The van der Waals surface area contributed by atoms with E-state index in [1.807, 2.05) is 0 Å². The predicted molar refractivity (Wildman–Crippen MR) is 50.8 cm³/mol. The molecule has 0 spiro atoms. The highest BCUT2D eigenvalue weighted by atomic mass is 19.4. The van der Waals surface area contributed by atoms with Crippen LogP contribution in [-0.4, -0.2) is 15.8 Å². The highest BCUT2D eigenvalue weighted by Crippen LogP contribution is 2.31. The predicted octanol–water partition coefficient (Wildman–Crippen LogP) is 2.25. The van der Waals surface area contributed by atoms with Crippen LogP contribution in [0.5, 0.6) is 0 Å². The summed E-state index contributed by atoms with van der Waals surface area (Å²) in [5.74, 6) is -1.04. The fraction of sp³-hybridized carbons (Fsp3) is 0.200. The summed E-state index contributed by atoms with van der Waals surface area (Å²) in [5, 5.41) is 0. The number of hydrogen-bond donors (Lipinski definition) is 0. The van der Waals surface area contributed by atoms with Crippen LogP contribution in [-0.2, 0) is 17.5 Å². The Hall–Kier alpha value is -1.85. The number of benzene rings is 1. The first-order valence-electron chi connectivity index (χ1n) is 4.50. The standard InChI is InChI=1S/C10H7F3N2O/c11-10(12,13)9-14-7-3-1-2-4-8(7)15(9)5-6-16/h1-4,6H,5H2. The Labute approximate surface area is 88.5 Å². The summed E-state index contributed by atoms with van der Waals surface area (Å²) in [7, 11) is 0. The Bertz CT molecular complexity index is 530. The molecule has 84 valence electrons. The van der Waals surface area contributed by atoms with Crippen LogP contribution in [0.1, 0.15) is 5.82 Å². The highest BCUT2D eigenvalue weighted by Gasteiger charge is 2.37. The van der Waals surface area contributed by atoms with Crippen molar-refractivity contribution in [2.45, 2.75) is 12.7 Å². The van der Waals surface area contributed by atoms with Gasteiger partial charge in [-0.15, -0.1) is 0 Å². The number of alkyl halides is 3. The number of halogens is 3. The van der Waals surface area contributed by atoms with Crippen LogP contribution >= 0.6 is 0 Å². The first-order chi connectivity index (χ1) is 7.54. The molecule has 0 atom stereocenters. The van der Waals surface area contributed by atoms with Crippen LogP contribution in [0.4, 0.5) is 13.2 Å². The molecule has 16 heavy (non-hydrogen) atoms. The van der Waals surface area contributed by atoms with E-state index in [2.05, 4.69) is 4.98 Å². The van der Waals surface area contributed by atoms with Crippen molar-refractivity contribution in [3.63, 3.8) is 0 Å². The number of carbonyl (C=O) groups is 1.